The number of benzene rings is 3. The van der Waals surface area contributed by atoms with Crippen LogP contribution in [0.2, 0.25) is 0 Å². The molecule has 0 aliphatic carbocycles. The zero-order chi connectivity index (χ0) is 26.3. The highest BCUT2D eigenvalue weighted by atomic mass is 19.4. The number of carbonyl (C=O) groups is 1. The standard InChI is InChI=1S/C28H27F3N4O2/c1-17-8-10-24-22(13-17)26(33-23-9-7-18(2)14-25(23)37-24)34-11-12-35(19(3)16-34)27(36)32-21-6-4-5-20(15-21)28(29,30)31/h4-10,13-15,19H,11-12,16H2,1-3H3,(H,32,36). The Bertz CT molecular complexity index is 1390. The molecule has 1 N–H and O–H groups in total. The van der Waals surface area contributed by atoms with Gasteiger partial charge in [-0.3, -0.25) is 0 Å². The van der Waals surface area contributed by atoms with Crippen molar-refractivity contribution in [1.82, 2.24) is 9.80 Å². The zero-order valence-electron chi connectivity index (χ0n) is 20.8. The SMILES string of the molecule is Cc1ccc2c(c1)Oc1ccc(C)cc1C(N1CCN(C(=O)Nc3cccc(C(F)(F)F)c3)C(C)C1)=N2. The molecule has 1 saturated heterocycles. The molecule has 5 rings (SSSR count). The van der Waals surface area contributed by atoms with Crippen LogP contribution in [0.1, 0.15) is 29.2 Å². The lowest BCUT2D eigenvalue weighted by molar-refractivity contribution is -0.137. The maximum atomic E-state index is 13.1. The molecule has 3 aromatic rings. The van der Waals surface area contributed by atoms with Crippen LogP contribution in [0.5, 0.6) is 11.5 Å². The molecule has 0 bridgehead atoms. The molecule has 1 unspecified atom stereocenters. The normalized spacial score (nSPS) is 17.2. The Morgan fingerprint density at radius 1 is 1.00 bits per heavy atom. The Hall–Kier alpha value is -4.01. The first-order chi connectivity index (χ1) is 17.6. The molecule has 0 spiro atoms. The second-order valence-corrected chi connectivity index (χ2v) is 9.51. The van der Waals surface area contributed by atoms with E-state index in [0.717, 1.165) is 40.3 Å². The molecule has 9 heteroatoms. The van der Waals surface area contributed by atoms with E-state index in [1.807, 2.05) is 57.2 Å². The molecule has 0 aromatic heterocycles. The predicted molar refractivity (Wildman–Crippen MR) is 137 cm³/mol. The number of fused-ring (bicyclic) bond motifs is 2. The molecule has 0 saturated carbocycles. The largest absolute Gasteiger partial charge is 0.454 e. The highest BCUT2D eigenvalue weighted by molar-refractivity contribution is 6.04. The summed E-state index contributed by atoms with van der Waals surface area (Å²) in [4.78, 5) is 21.7. The molecule has 2 heterocycles. The lowest BCUT2D eigenvalue weighted by Gasteiger charge is -2.41. The van der Waals surface area contributed by atoms with Crippen LogP contribution in [0.15, 0.2) is 65.7 Å². The summed E-state index contributed by atoms with van der Waals surface area (Å²) >= 11 is 0. The zero-order valence-corrected chi connectivity index (χ0v) is 20.8. The Kier molecular flexibility index (Phi) is 6.31. The summed E-state index contributed by atoms with van der Waals surface area (Å²) in [7, 11) is 0. The van der Waals surface area contributed by atoms with E-state index < -0.39 is 17.8 Å². The second kappa shape index (κ2) is 9.46. The minimum Gasteiger partial charge on any atom is -0.454 e. The van der Waals surface area contributed by atoms with Crippen LogP contribution in [0.4, 0.5) is 29.3 Å². The van der Waals surface area contributed by atoms with Crippen LogP contribution in [-0.4, -0.2) is 47.3 Å². The van der Waals surface area contributed by atoms with E-state index in [2.05, 4.69) is 10.2 Å². The van der Waals surface area contributed by atoms with Gasteiger partial charge in [-0.1, -0.05) is 23.8 Å². The number of aryl methyl sites for hydroxylation is 2. The molecular formula is C28H27F3N4O2. The van der Waals surface area contributed by atoms with Gasteiger partial charge in [-0.05, 0) is 68.8 Å². The summed E-state index contributed by atoms with van der Waals surface area (Å²) < 4.78 is 45.4. The summed E-state index contributed by atoms with van der Waals surface area (Å²) in [5.74, 6) is 2.17. The van der Waals surface area contributed by atoms with Gasteiger partial charge in [-0.15, -0.1) is 0 Å². The van der Waals surface area contributed by atoms with Crippen molar-refractivity contribution in [2.45, 2.75) is 33.0 Å². The van der Waals surface area contributed by atoms with E-state index >= 15 is 0 Å². The molecule has 1 atom stereocenters. The minimum absolute atomic E-state index is 0.107. The number of nitrogens with one attached hydrogen (secondary N) is 1. The average Bonchev–Trinajstić information content (AvgIpc) is 2.99. The number of halogens is 3. The molecule has 0 radical (unpaired) electrons. The fraction of sp³-hybridized carbons (Fsp3) is 0.286. The Balaban J connectivity index is 1.38. The van der Waals surface area contributed by atoms with Crippen LogP contribution in [0.25, 0.3) is 0 Å². The molecule has 37 heavy (non-hydrogen) atoms. The third kappa shape index (κ3) is 5.12. The van der Waals surface area contributed by atoms with Crippen molar-refractivity contribution >= 4 is 23.2 Å². The molecular weight excluding hydrogens is 481 g/mol. The number of amidine groups is 1. The van der Waals surface area contributed by atoms with Crippen LogP contribution in [0, 0.1) is 13.8 Å². The minimum atomic E-state index is -4.48. The number of urea groups is 1. The number of rotatable bonds is 1. The van der Waals surface area contributed by atoms with Crippen molar-refractivity contribution in [2.75, 3.05) is 25.0 Å². The molecule has 2 aliphatic heterocycles. The van der Waals surface area contributed by atoms with Crippen LogP contribution in [0.3, 0.4) is 0 Å². The molecule has 3 aromatic carbocycles. The topological polar surface area (TPSA) is 57.2 Å². The van der Waals surface area contributed by atoms with E-state index in [1.54, 1.807) is 4.90 Å². The van der Waals surface area contributed by atoms with Gasteiger partial charge in [0.05, 0.1) is 11.1 Å². The van der Waals surface area contributed by atoms with E-state index in [9.17, 15) is 18.0 Å². The summed E-state index contributed by atoms with van der Waals surface area (Å²) in [5, 5.41) is 2.62. The van der Waals surface area contributed by atoms with Crippen LogP contribution >= 0.6 is 0 Å². The Labute approximate surface area is 213 Å². The van der Waals surface area contributed by atoms with Gasteiger partial charge in [0.15, 0.2) is 5.75 Å². The lowest BCUT2D eigenvalue weighted by atomic mass is 10.1. The number of hydrogen-bond donors (Lipinski definition) is 1. The van der Waals surface area contributed by atoms with Gasteiger partial charge in [0.1, 0.15) is 17.3 Å². The summed E-state index contributed by atoms with van der Waals surface area (Å²) in [6.45, 7) is 7.32. The highest BCUT2D eigenvalue weighted by Crippen LogP contribution is 2.39. The number of alkyl halides is 3. The van der Waals surface area contributed by atoms with Crippen molar-refractivity contribution in [3.8, 4) is 11.5 Å². The number of aliphatic imine (C=N–C) groups is 1. The number of anilines is 1. The van der Waals surface area contributed by atoms with Crippen molar-refractivity contribution in [1.29, 1.82) is 0 Å². The molecule has 2 aliphatic rings. The fourth-order valence-electron chi connectivity index (χ4n) is 4.66. The molecule has 1 fully saturated rings. The number of piperazine rings is 1. The Morgan fingerprint density at radius 3 is 2.51 bits per heavy atom. The van der Waals surface area contributed by atoms with Gasteiger partial charge in [0.2, 0.25) is 0 Å². The number of ether oxygens (including phenoxy) is 1. The smallest absolute Gasteiger partial charge is 0.416 e. The van der Waals surface area contributed by atoms with Gasteiger partial charge in [-0.2, -0.15) is 13.2 Å². The van der Waals surface area contributed by atoms with Crippen molar-refractivity contribution < 1.29 is 22.7 Å². The van der Waals surface area contributed by atoms with E-state index in [-0.39, 0.29) is 11.7 Å². The van der Waals surface area contributed by atoms with Crippen molar-refractivity contribution in [3.05, 3.63) is 82.9 Å². The van der Waals surface area contributed by atoms with Gasteiger partial charge < -0.3 is 19.9 Å². The van der Waals surface area contributed by atoms with Crippen molar-refractivity contribution in [3.63, 3.8) is 0 Å². The lowest BCUT2D eigenvalue weighted by Crippen LogP contribution is -2.56. The first-order valence-corrected chi connectivity index (χ1v) is 12.1. The number of hydrogen-bond acceptors (Lipinski definition) is 4. The number of carbonyl (C=O) groups excluding carboxylic acids is 1. The van der Waals surface area contributed by atoms with Crippen LogP contribution < -0.4 is 10.1 Å². The second-order valence-electron chi connectivity index (χ2n) is 9.51. The van der Waals surface area contributed by atoms with Gasteiger partial charge in [0, 0.05) is 31.4 Å². The third-order valence-electron chi connectivity index (χ3n) is 6.57. The first-order valence-electron chi connectivity index (χ1n) is 12.1. The van der Waals surface area contributed by atoms with E-state index in [4.69, 9.17) is 9.73 Å². The fourth-order valence-corrected chi connectivity index (χ4v) is 4.66. The van der Waals surface area contributed by atoms with Gasteiger partial charge in [0.25, 0.3) is 0 Å². The predicted octanol–water partition coefficient (Wildman–Crippen LogP) is 6.74. The average molecular weight is 509 g/mol. The Morgan fingerprint density at radius 2 is 1.76 bits per heavy atom. The van der Waals surface area contributed by atoms with Gasteiger partial charge >= 0.3 is 12.2 Å². The maximum absolute atomic E-state index is 13.1. The highest BCUT2D eigenvalue weighted by Gasteiger charge is 2.33. The van der Waals surface area contributed by atoms with Crippen LogP contribution in [-0.2, 0) is 6.18 Å². The number of amides is 2. The number of nitrogens with zero attached hydrogens (tertiary/aromatic N) is 3. The molecule has 6 nitrogen and oxygen atoms in total. The molecule has 192 valence electrons. The van der Waals surface area contributed by atoms with E-state index in [1.165, 1.54) is 12.1 Å². The van der Waals surface area contributed by atoms with Crippen molar-refractivity contribution in [2.24, 2.45) is 4.99 Å². The summed E-state index contributed by atoms with van der Waals surface area (Å²) in [5.41, 5.74) is 3.05. The summed E-state index contributed by atoms with van der Waals surface area (Å²) in [6.07, 6.45) is -4.48. The third-order valence-corrected chi connectivity index (χ3v) is 6.57. The first kappa shape index (κ1) is 24.7. The maximum Gasteiger partial charge on any atom is 0.416 e. The van der Waals surface area contributed by atoms with E-state index in [0.29, 0.717) is 31.1 Å². The quantitative estimate of drug-likeness (QED) is 0.396. The monoisotopic (exact) mass is 508 g/mol. The summed E-state index contributed by atoms with van der Waals surface area (Å²) in [6, 6.07) is 15.9. The molecule has 2 amide bonds. The van der Waals surface area contributed by atoms with Gasteiger partial charge in [-0.25, -0.2) is 9.79 Å².